The largest absolute Gasteiger partial charge is 0.308 e. The van der Waals surface area contributed by atoms with Crippen LogP contribution in [0.2, 0.25) is 0 Å². The predicted octanol–water partition coefficient (Wildman–Crippen LogP) is 2.80. The lowest BCUT2D eigenvalue weighted by atomic mass is 9.85. The van der Waals surface area contributed by atoms with Crippen molar-refractivity contribution in [2.75, 3.05) is 13.1 Å². The van der Waals surface area contributed by atoms with Gasteiger partial charge in [0.05, 0.1) is 6.20 Å². The Kier molecular flexibility index (Phi) is 5.44. The normalized spacial score (nSPS) is 24.1. The summed E-state index contributed by atoms with van der Waals surface area (Å²) in [4.78, 5) is 2.69. The molecule has 2 rings (SSSR count). The van der Waals surface area contributed by atoms with E-state index in [1.807, 2.05) is 17.9 Å². The maximum Gasteiger partial charge on any atom is 0.0534 e. The van der Waals surface area contributed by atoms with Gasteiger partial charge in [-0.25, -0.2) is 0 Å². The molecule has 1 aromatic rings. The summed E-state index contributed by atoms with van der Waals surface area (Å²) >= 11 is 0. The van der Waals surface area contributed by atoms with Crippen molar-refractivity contribution < 1.29 is 0 Å². The highest BCUT2D eigenvalue weighted by molar-refractivity contribution is 5.06. The van der Waals surface area contributed by atoms with Crippen LogP contribution in [0.5, 0.6) is 0 Å². The molecule has 1 saturated heterocycles. The Labute approximate surface area is 129 Å². The Morgan fingerprint density at radius 2 is 2.10 bits per heavy atom. The van der Waals surface area contributed by atoms with Gasteiger partial charge in [-0.15, -0.1) is 0 Å². The van der Waals surface area contributed by atoms with Crippen LogP contribution in [0.1, 0.15) is 52.5 Å². The number of nitrogens with zero attached hydrogens (tertiary/aromatic N) is 3. The summed E-state index contributed by atoms with van der Waals surface area (Å²) in [7, 11) is 2.00. The standard InChI is InChI=1S/C17H32N4/c1-6-14(4)16-10-18-17(7-2,8-3)13-21(16)12-15-9-19-20(5)11-15/h9,11,14,16,18H,6-8,10,12-13H2,1-5H3. The van der Waals surface area contributed by atoms with Crippen molar-refractivity contribution in [1.29, 1.82) is 0 Å². The summed E-state index contributed by atoms with van der Waals surface area (Å²) in [5, 5.41) is 8.18. The van der Waals surface area contributed by atoms with Gasteiger partial charge in [0.25, 0.3) is 0 Å². The number of aryl methyl sites for hydroxylation is 1. The third-order valence-corrected chi connectivity index (χ3v) is 5.46. The van der Waals surface area contributed by atoms with Crippen LogP contribution in [-0.2, 0) is 13.6 Å². The minimum absolute atomic E-state index is 0.284. The quantitative estimate of drug-likeness (QED) is 0.875. The zero-order chi connectivity index (χ0) is 15.5. The number of rotatable bonds is 6. The van der Waals surface area contributed by atoms with Gasteiger partial charge in [-0.05, 0) is 18.8 Å². The summed E-state index contributed by atoms with van der Waals surface area (Å²) in [6.45, 7) is 12.6. The first-order valence-corrected chi connectivity index (χ1v) is 8.50. The smallest absolute Gasteiger partial charge is 0.0534 e. The Hall–Kier alpha value is -0.870. The summed E-state index contributed by atoms with van der Waals surface area (Å²) < 4.78 is 1.91. The van der Waals surface area contributed by atoms with Crippen LogP contribution in [0.3, 0.4) is 0 Å². The lowest BCUT2D eigenvalue weighted by Gasteiger charge is -2.49. The highest BCUT2D eigenvalue weighted by Gasteiger charge is 2.38. The van der Waals surface area contributed by atoms with E-state index in [2.05, 4.69) is 49.2 Å². The van der Waals surface area contributed by atoms with Crippen molar-refractivity contribution in [3.05, 3.63) is 18.0 Å². The molecular formula is C17H32N4. The van der Waals surface area contributed by atoms with Gasteiger partial charge in [-0.3, -0.25) is 9.58 Å². The van der Waals surface area contributed by atoms with Gasteiger partial charge in [0.2, 0.25) is 0 Å². The Morgan fingerprint density at radius 1 is 1.38 bits per heavy atom. The van der Waals surface area contributed by atoms with E-state index in [1.54, 1.807) is 0 Å². The second-order valence-electron chi connectivity index (χ2n) is 6.75. The molecule has 0 bridgehead atoms. The molecule has 4 heteroatoms. The number of hydrogen-bond acceptors (Lipinski definition) is 3. The van der Waals surface area contributed by atoms with Gasteiger partial charge >= 0.3 is 0 Å². The molecule has 0 aliphatic carbocycles. The van der Waals surface area contributed by atoms with Gasteiger partial charge in [-0.1, -0.05) is 34.1 Å². The number of hydrogen-bond donors (Lipinski definition) is 1. The van der Waals surface area contributed by atoms with Crippen molar-refractivity contribution in [3.63, 3.8) is 0 Å². The topological polar surface area (TPSA) is 33.1 Å². The molecule has 0 spiro atoms. The van der Waals surface area contributed by atoms with Crippen LogP contribution in [-0.4, -0.2) is 39.4 Å². The van der Waals surface area contributed by atoms with E-state index in [0.717, 1.165) is 25.6 Å². The molecule has 0 aromatic carbocycles. The second-order valence-corrected chi connectivity index (χ2v) is 6.75. The molecule has 1 fully saturated rings. The summed E-state index contributed by atoms with van der Waals surface area (Å²) in [5.74, 6) is 0.723. The first-order chi connectivity index (χ1) is 10.0. The van der Waals surface area contributed by atoms with Crippen molar-refractivity contribution in [2.45, 2.75) is 65.1 Å². The molecule has 2 heterocycles. The molecular weight excluding hydrogens is 260 g/mol. The fourth-order valence-corrected chi connectivity index (χ4v) is 3.53. The van der Waals surface area contributed by atoms with Gasteiger partial charge in [-0.2, -0.15) is 5.10 Å². The highest BCUT2D eigenvalue weighted by atomic mass is 15.3. The van der Waals surface area contributed by atoms with Crippen molar-refractivity contribution >= 4 is 0 Å². The third-order valence-electron chi connectivity index (χ3n) is 5.46. The van der Waals surface area contributed by atoms with E-state index in [9.17, 15) is 0 Å². The molecule has 4 nitrogen and oxygen atoms in total. The molecule has 2 atom stereocenters. The second kappa shape index (κ2) is 6.93. The Bertz CT molecular complexity index is 436. The average Bonchev–Trinajstić information content (AvgIpc) is 2.91. The van der Waals surface area contributed by atoms with Crippen molar-refractivity contribution in [2.24, 2.45) is 13.0 Å². The maximum atomic E-state index is 4.32. The monoisotopic (exact) mass is 292 g/mol. The van der Waals surface area contributed by atoms with Crippen LogP contribution < -0.4 is 5.32 Å². The summed E-state index contributed by atoms with van der Waals surface area (Å²) in [5.41, 5.74) is 1.61. The Morgan fingerprint density at radius 3 is 2.62 bits per heavy atom. The SMILES string of the molecule is CCC(C)C1CNC(CC)(CC)CN1Cc1cnn(C)c1. The molecule has 0 saturated carbocycles. The Balaban J connectivity index is 2.16. The third kappa shape index (κ3) is 3.67. The highest BCUT2D eigenvalue weighted by Crippen LogP contribution is 2.28. The van der Waals surface area contributed by atoms with Crippen molar-refractivity contribution in [1.82, 2.24) is 20.0 Å². The molecule has 21 heavy (non-hydrogen) atoms. The number of piperazine rings is 1. The fourth-order valence-electron chi connectivity index (χ4n) is 3.53. The van der Waals surface area contributed by atoms with Gasteiger partial charge in [0.15, 0.2) is 0 Å². The molecule has 1 aromatic heterocycles. The van der Waals surface area contributed by atoms with E-state index in [-0.39, 0.29) is 5.54 Å². The molecule has 0 radical (unpaired) electrons. The number of aromatic nitrogens is 2. The van der Waals surface area contributed by atoms with E-state index in [4.69, 9.17) is 0 Å². The van der Waals surface area contributed by atoms with Crippen LogP contribution in [0.4, 0.5) is 0 Å². The van der Waals surface area contributed by atoms with Crippen LogP contribution in [0, 0.1) is 5.92 Å². The summed E-state index contributed by atoms with van der Waals surface area (Å²) in [6.07, 6.45) is 7.78. The van der Waals surface area contributed by atoms with Gasteiger partial charge < -0.3 is 5.32 Å². The van der Waals surface area contributed by atoms with Gasteiger partial charge in [0.1, 0.15) is 0 Å². The molecule has 1 aliphatic heterocycles. The molecule has 2 unspecified atom stereocenters. The predicted molar refractivity (Wildman–Crippen MR) is 88.2 cm³/mol. The van der Waals surface area contributed by atoms with Crippen LogP contribution in [0.15, 0.2) is 12.4 Å². The fraction of sp³-hybridized carbons (Fsp3) is 0.824. The lowest BCUT2D eigenvalue weighted by molar-refractivity contribution is 0.0395. The minimum Gasteiger partial charge on any atom is -0.308 e. The minimum atomic E-state index is 0.284. The van der Waals surface area contributed by atoms with Crippen molar-refractivity contribution in [3.8, 4) is 0 Å². The first-order valence-electron chi connectivity index (χ1n) is 8.50. The number of nitrogens with one attached hydrogen (secondary N) is 1. The van der Waals surface area contributed by atoms with E-state index >= 15 is 0 Å². The molecule has 1 aliphatic rings. The molecule has 120 valence electrons. The van der Waals surface area contributed by atoms with E-state index in [0.29, 0.717) is 6.04 Å². The zero-order valence-electron chi connectivity index (χ0n) is 14.4. The van der Waals surface area contributed by atoms with Crippen LogP contribution >= 0.6 is 0 Å². The van der Waals surface area contributed by atoms with E-state index in [1.165, 1.54) is 24.8 Å². The van der Waals surface area contributed by atoms with Crippen LogP contribution in [0.25, 0.3) is 0 Å². The maximum absolute atomic E-state index is 4.32. The molecule has 1 N–H and O–H groups in total. The van der Waals surface area contributed by atoms with Gasteiger partial charge in [0, 0.05) is 50.0 Å². The average molecular weight is 292 g/mol. The first kappa shape index (κ1) is 16.5. The summed E-state index contributed by atoms with van der Waals surface area (Å²) in [6, 6.07) is 0.626. The molecule has 0 amide bonds. The lowest BCUT2D eigenvalue weighted by Crippen LogP contribution is -2.64. The van der Waals surface area contributed by atoms with E-state index < -0.39 is 0 Å². The zero-order valence-corrected chi connectivity index (χ0v) is 14.4.